The van der Waals surface area contributed by atoms with Crippen LogP contribution < -0.4 is 16.0 Å². The molecule has 1 aromatic heterocycles. The molecule has 1 aromatic carbocycles. The molecule has 3 rings (SSSR count). The molecule has 3 N–H and O–H groups in total. The molecule has 0 saturated heterocycles. The number of rotatable bonds is 11. The molecule has 40 heavy (non-hydrogen) atoms. The van der Waals surface area contributed by atoms with Crippen LogP contribution in [0, 0.1) is 0 Å². The molecule has 0 radical (unpaired) electrons. The number of anilines is 1. The lowest BCUT2D eigenvalue weighted by Gasteiger charge is -2.26. The zero-order chi connectivity index (χ0) is 29.4. The molecular weight excluding hydrogens is 562 g/mol. The first-order valence-corrected chi connectivity index (χ1v) is 14.6. The van der Waals surface area contributed by atoms with E-state index in [0.29, 0.717) is 18.5 Å². The Balaban J connectivity index is 1.87. The summed E-state index contributed by atoms with van der Waals surface area (Å²) in [6.45, 7) is 2.81. The highest BCUT2D eigenvalue weighted by Crippen LogP contribution is 2.37. The van der Waals surface area contributed by atoms with Gasteiger partial charge in [0.05, 0.1) is 30.2 Å². The Bertz CT molecular complexity index is 1350. The number of methoxy groups -OCH3 is 2. The number of carbonyl (C=O) groups is 4. The van der Waals surface area contributed by atoms with Crippen LogP contribution in [0.1, 0.15) is 38.1 Å². The van der Waals surface area contributed by atoms with Crippen LogP contribution >= 0.6 is 11.3 Å². The molecule has 0 atom stereocenters. The van der Waals surface area contributed by atoms with Crippen molar-refractivity contribution in [2.75, 3.05) is 59.4 Å². The first kappa shape index (κ1) is 31.2. The topological polar surface area (TPSA) is 163 Å². The van der Waals surface area contributed by atoms with Gasteiger partial charge in [0.15, 0.2) is 0 Å². The Hall–Kier alpha value is -3.37. The van der Waals surface area contributed by atoms with Gasteiger partial charge in [-0.2, -0.15) is 4.31 Å². The maximum atomic E-state index is 13.2. The summed E-state index contributed by atoms with van der Waals surface area (Å²) in [5.74, 6) is -1.37. The number of sulfonamides is 1. The van der Waals surface area contributed by atoms with Crippen molar-refractivity contribution in [2.45, 2.75) is 24.8 Å². The number of nitrogens with one attached hydrogen (secondary N) is 3. The number of benzene rings is 1. The number of urea groups is 1. The summed E-state index contributed by atoms with van der Waals surface area (Å²) in [5.41, 5.74) is 0.979. The van der Waals surface area contributed by atoms with Crippen LogP contribution in [-0.2, 0) is 37.3 Å². The predicted molar refractivity (Wildman–Crippen MR) is 148 cm³/mol. The minimum Gasteiger partial charge on any atom is -0.383 e. The Morgan fingerprint density at radius 1 is 1.02 bits per heavy atom. The smallest absolute Gasteiger partial charge is 0.321 e. The van der Waals surface area contributed by atoms with Crippen molar-refractivity contribution in [3.63, 3.8) is 0 Å². The van der Waals surface area contributed by atoms with Crippen molar-refractivity contribution >= 4 is 50.1 Å². The number of carbonyl (C=O) groups excluding carboxylic acids is 4. The van der Waals surface area contributed by atoms with E-state index in [1.54, 1.807) is 4.90 Å². The van der Waals surface area contributed by atoms with Gasteiger partial charge in [0, 0.05) is 58.3 Å². The molecule has 1 aliphatic rings. The van der Waals surface area contributed by atoms with Gasteiger partial charge in [-0.3, -0.25) is 19.7 Å². The standard InChI is InChI=1S/C25H33N5O8S2/c1-16(31)29-10-9-19-20(15-29)39-24(21(19)23(33)28-25(34)26-2)27-22(32)17-5-7-18(8-6-17)40(35,36)30(11-13-37-3)12-14-38-4/h5-8H,9-15H2,1-4H3,(H,27,32)(H2,26,28,33,34). The Morgan fingerprint density at radius 3 is 2.20 bits per heavy atom. The number of hydrogen-bond acceptors (Lipinski definition) is 9. The number of nitrogens with zero attached hydrogens (tertiary/aromatic N) is 2. The Labute approximate surface area is 236 Å². The molecule has 0 aliphatic carbocycles. The second-order valence-electron chi connectivity index (χ2n) is 8.80. The summed E-state index contributed by atoms with van der Waals surface area (Å²) in [6.07, 6.45) is 0.382. The Morgan fingerprint density at radius 2 is 1.65 bits per heavy atom. The van der Waals surface area contributed by atoms with Gasteiger partial charge in [-0.15, -0.1) is 11.3 Å². The monoisotopic (exact) mass is 595 g/mol. The van der Waals surface area contributed by atoms with Crippen LogP contribution in [-0.4, -0.2) is 95.5 Å². The first-order valence-electron chi connectivity index (χ1n) is 12.4. The van der Waals surface area contributed by atoms with E-state index in [9.17, 15) is 27.6 Å². The van der Waals surface area contributed by atoms with E-state index in [1.807, 2.05) is 0 Å². The largest absolute Gasteiger partial charge is 0.383 e. The number of amides is 5. The molecule has 2 aromatic rings. The van der Waals surface area contributed by atoms with Gasteiger partial charge >= 0.3 is 6.03 Å². The van der Waals surface area contributed by atoms with Crippen molar-refractivity contribution < 1.29 is 37.1 Å². The van der Waals surface area contributed by atoms with Crippen LogP contribution in [0.25, 0.3) is 0 Å². The molecule has 0 unspecified atom stereocenters. The molecule has 218 valence electrons. The summed E-state index contributed by atoms with van der Waals surface area (Å²) in [6, 6.07) is 4.72. The van der Waals surface area contributed by atoms with Crippen molar-refractivity contribution in [2.24, 2.45) is 0 Å². The third-order valence-electron chi connectivity index (χ3n) is 6.25. The summed E-state index contributed by atoms with van der Waals surface area (Å²) < 4.78 is 37.6. The van der Waals surface area contributed by atoms with E-state index in [4.69, 9.17) is 9.47 Å². The number of thiophene rings is 1. The lowest BCUT2D eigenvalue weighted by Crippen LogP contribution is -2.39. The van der Waals surface area contributed by atoms with Crippen molar-refractivity contribution in [3.05, 3.63) is 45.8 Å². The molecule has 0 bridgehead atoms. The fourth-order valence-electron chi connectivity index (χ4n) is 4.07. The lowest BCUT2D eigenvalue weighted by molar-refractivity contribution is -0.129. The van der Waals surface area contributed by atoms with Gasteiger partial charge in [-0.25, -0.2) is 13.2 Å². The van der Waals surface area contributed by atoms with Gasteiger partial charge < -0.3 is 25.0 Å². The summed E-state index contributed by atoms with van der Waals surface area (Å²) >= 11 is 1.15. The second kappa shape index (κ2) is 13.8. The number of ether oxygens (including phenoxy) is 2. The van der Waals surface area contributed by atoms with Gasteiger partial charge in [-0.1, -0.05) is 0 Å². The van der Waals surface area contributed by atoms with Crippen LogP contribution in [0.5, 0.6) is 0 Å². The molecule has 5 amide bonds. The van der Waals surface area contributed by atoms with E-state index in [-0.39, 0.29) is 59.8 Å². The third kappa shape index (κ3) is 7.22. The molecule has 0 saturated carbocycles. The molecular formula is C25H33N5O8S2. The Kier molecular flexibility index (Phi) is 10.8. The number of hydrogen-bond donors (Lipinski definition) is 3. The second-order valence-corrected chi connectivity index (χ2v) is 11.8. The fraction of sp³-hybridized carbons (Fsp3) is 0.440. The van der Waals surface area contributed by atoms with Crippen LogP contribution in [0.4, 0.5) is 9.80 Å². The van der Waals surface area contributed by atoms with Crippen molar-refractivity contribution in [1.82, 2.24) is 19.8 Å². The normalized spacial score (nSPS) is 13.1. The van der Waals surface area contributed by atoms with Gasteiger partial charge in [0.25, 0.3) is 11.8 Å². The maximum Gasteiger partial charge on any atom is 0.321 e. The van der Waals surface area contributed by atoms with Crippen LogP contribution in [0.2, 0.25) is 0 Å². The highest BCUT2D eigenvalue weighted by atomic mass is 32.2. The molecule has 2 heterocycles. The van der Waals surface area contributed by atoms with E-state index >= 15 is 0 Å². The number of fused-ring (bicyclic) bond motifs is 1. The van der Waals surface area contributed by atoms with Crippen LogP contribution in [0.15, 0.2) is 29.2 Å². The van der Waals surface area contributed by atoms with Gasteiger partial charge in [0.1, 0.15) is 5.00 Å². The average Bonchev–Trinajstić information content (AvgIpc) is 3.29. The zero-order valence-corrected chi connectivity index (χ0v) is 24.4. The highest BCUT2D eigenvalue weighted by molar-refractivity contribution is 7.89. The quantitative estimate of drug-likeness (QED) is 0.350. The van der Waals surface area contributed by atoms with Crippen molar-refractivity contribution in [3.8, 4) is 0 Å². The van der Waals surface area contributed by atoms with E-state index in [2.05, 4.69) is 16.0 Å². The van der Waals surface area contributed by atoms with Gasteiger partial charge in [-0.05, 0) is 36.2 Å². The van der Waals surface area contributed by atoms with Crippen LogP contribution in [0.3, 0.4) is 0 Å². The van der Waals surface area contributed by atoms with E-state index < -0.39 is 27.9 Å². The summed E-state index contributed by atoms with van der Waals surface area (Å²) in [5, 5.41) is 7.50. The molecule has 0 spiro atoms. The van der Waals surface area contributed by atoms with E-state index in [0.717, 1.165) is 16.2 Å². The molecule has 0 fully saturated rings. The highest BCUT2D eigenvalue weighted by Gasteiger charge is 2.30. The van der Waals surface area contributed by atoms with Crippen molar-refractivity contribution in [1.29, 1.82) is 0 Å². The first-order chi connectivity index (χ1) is 19.0. The fourth-order valence-corrected chi connectivity index (χ4v) is 6.73. The zero-order valence-electron chi connectivity index (χ0n) is 22.7. The summed E-state index contributed by atoms with van der Waals surface area (Å²) in [7, 11) is 0.455. The summed E-state index contributed by atoms with van der Waals surface area (Å²) in [4.78, 5) is 52.2. The minimum absolute atomic E-state index is 0.00203. The number of imide groups is 1. The lowest BCUT2D eigenvalue weighted by atomic mass is 10.0. The minimum atomic E-state index is -3.87. The predicted octanol–water partition coefficient (Wildman–Crippen LogP) is 1.26. The van der Waals surface area contributed by atoms with Gasteiger partial charge in [0.2, 0.25) is 15.9 Å². The average molecular weight is 596 g/mol. The SMILES string of the molecule is CNC(=O)NC(=O)c1c(NC(=O)c2ccc(S(=O)(=O)N(CCOC)CCOC)cc2)sc2c1CCN(C(C)=O)C2. The molecule has 1 aliphatic heterocycles. The third-order valence-corrected chi connectivity index (χ3v) is 9.30. The maximum absolute atomic E-state index is 13.2. The van der Waals surface area contributed by atoms with E-state index in [1.165, 1.54) is 56.8 Å². The molecule has 15 heteroatoms. The molecule has 13 nitrogen and oxygen atoms in total.